The van der Waals surface area contributed by atoms with Crippen molar-refractivity contribution in [2.45, 2.75) is 13.3 Å². The summed E-state index contributed by atoms with van der Waals surface area (Å²) < 4.78 is 0. The van der Waals surface area contributed by atoms with Crippen molar-refractivity contribution in [3.63, 3.8) is 0 Å². The van der Waals surface area contributed by atoms with Gasteiger partial charge in [0.05, 0.1) is 16.9 Å². The lowest BCUT2D eigenvalue weighted by Crippen LogP contribution is -2.44. The number of halogens is 1. The van der Waals surface area contributed by atoms with Gasteiger partial charge >= 0.3 is 0 Å². The Morgan fingerprint density at radius 2 is 1.81 bits per heavy atom. The van der Waals surface area contributed by atoms with E-state index in [4.69, 9.17) is 11.6 Å². The number of likely N-dealkylation sites (N-methyl/N-ethyl adjacent to an activating group) is 1. The fourth-order valence-electron chi connectivity index (χ4n) is 3.60. The molecule has 4 rings (SSSR count). The summed E-state index contributed by atoms with van der Waals surface area (Å²) in [6.07, 6.45) is 2.01. The molecular weight excluding hydrogens is 424 g/mol. The molecule has 0 saturated carbocycles. The Kier molecular flexibility index (Phi) is 6.87. The maximum atomic E-state index is 11.7. The summed E-state index contributed by atoms with van der Waals surface area (Å²) in [4.78, 5) is 25.4. The number of carbonyl (C=O) groups is 1. The number of piperazine rings is 1. The van der Waals surface area contributed by atoms with Crippen LogP contribution in [0, 0.1) is 0 Å². The van der Waals surface area contributed by atoms with E-state index in [1.54, 1.807) is 6.20 Å². The molecule has 3 aromatic rings. The number of amides is 1. The second-order valence-electron chi connectivity index (χ2n) is 7.84. The fraction of sp³-hybridized carbons (Fsp3) is 0.292. The molecule has 0 bridgehead atoms. The summed E-state index contributed by atoms with van der Waals surface area (Å²) in [6.45, 7) is 5.94. The van der Waals surface area contributed by atoms with Gasteiger partial charge in [0, 0.05) is 55.2 Å². The van der Waals surface area contributed by atoms with Crippen molar-refractivity contribution in [3.05, 3.63) is 59.8 Å². The molecule has 0 spiro atoms. The average Bonchev–Trinajstić information content (AvgIpc) is 2.81. The van der Waals surface area contributed by atoms with Crippen LogP contribution in [0.25, 0.3) is 11.3 Å². The van der Waals surface area contributed by atoms with Crippen LogP contribution >= 0.6 is 11.6 Å². The van der Waals surface area contributed by atoms with Crippen LogP contribution in [0.4, 0.5) is 23.0 Å². The van der Waals surface area contributed by atoms with Crippen LogP contribution in [0.2, 0.25) is 5.02 Å². The lowest BCUT2D eigenvalue weighted by molar-refractivity contribution is -0.115. The molecule has 166 valence electrons. The van der Waals surface area contributed by atoms with Crippen molar-refractivity contribution in [1.29, 1.82) is 0 Å². The monoisotopic (exact) mass is 450 g/mol. The van der Waals surface area contributed by atoms with Gasteiger partial charge in [-0.25, -0.2) is 9.97 Å². The first-order valence-electron chi connectivity index (χ1n) is 10.7. The number of rotatable bonds is 6. The van der Waals surface area contributed by atoms with Crippen molar-refractivity contribution in [3.8, 4) is 11.3 Å². The van der Waals surface area contributed by atoms with Crippen LogP contribution < -0.4 is 15.5 Å². The number of nitrogens with one attached hydrogen (secondary N) is 2. The molecule has 1 fully saturated rings. The van der Waals surface area contributed by atoms with Gasteiger partial charge in [-0.2, -0.15) is 0 Å². The molecular formula is C24H27ClN6O. The maximum absolute atomic E-state index is 11.7. The standard InChI is InChI=1S/C24H27ClN6O/c1-3-22(32)27-18-7-4-6-17(14-18)23-21(25)16-26-24(29-23)28-19-8-5-9-20(15-19)31-12-10-30(2)11-13-31/h4-9,14-16H,3,10-13H2,1-2H3,(H,27,32)(H,26,28,29). The topological polar surface area (TPSA) is 73.4 Å². The molecule has 0 aliphatic carbocycles. The second-order valence-corrected chi connectivity index (χ2v) is 8.25. The Balaban J connectivity index is 1.54. The van der Waals surface area contributed by atoms with E-state index in [-0.39, 0.29) is 5.91 Å². The quantitative estimate of drug-likeness (QED) is 0.570. The summed E-state index contributed by atoms with van der Waals surface area (Å²) >= 11 is 6.41. The number of hydrogen-bond donors (Lipinski definition) is 2. The van der Waals surface area contributed by atoms with Crippen LogP contribution in [0.1, 0.15) is 13.3 Å². The number of anilines is 4. The highest BCUT2D eigenvalue weighted by atomic mass is 35.5. The lowest BCUT2D eigenvalue weighted by Gasteiger charge is -2.34. The third-order valence-corrected chi connectivity index (χ3v) is 5.73. The van der Waals surface area contributed by atoms with E-state index in [1.807, 2.05) is 43.3 Å². The Bertz CT molecular complexity index is 1100. The van der Waals surface area contributed by atoms with Crippen LogP contribution in [-0.2, 0) is 4.79 Å². The number of hydrogen-bond acceptors (Lipinski definition) is 6. The van der Waals surface area contributed by atoms with Gasteiger partial charge in [-0.15, -0.1) is 0 Å². The highest BCUT2D eigenvalue weighted by Gasteiger charge is 2.15. The molecule has 2 N–H and O–H groups in total. The van der Waals surface area contributed by atoms with Crippen molar-refractivity contribution in [2.24, 2.45) is 0 Å². The van der Waals surface area contributed by atoms with Gasteiger partial charge in [0.2, 0.25) is 11.9 Å². The summed E-state index contributed by atoms with van der Waals surface area (Å²) in [5.41, 5.74) is 4.21. The Hall–Kier alpha value is -3.16. The zero-order valence-corrected chi connectivity index (χ0v) is 19.1. The molecule has 1 aliphatic rings. The normalized spacial score (nSPS) is 14.3. The predicted molar refractivity (Wildman–Crippen MR) is 131 cm³/mol. The van der Waals surface area contributed by atoms with Gasteiger partial charge in [0.25, 0.3) is 0 Å². The molecule has 2 heterocycles. The molecule has 2 aromatic carbocycles. The van der Waals surface area contributed by atoms with Crippen LogP contribution in [0.3, 0.4) is 0 Å². The molecule has 8 heteroatoms. The Labute approximate surface area is 193 Å². The van der Waals surface area contributed by atoms with Crippen LogP contribution in [-0.4, -0.2) is 54.0 Å². The van der Waals surface area contributed by atoms with Crippen LogP contribution in [0.15, 0.2) is 54.7 Å². The number of benzene rings is 2. The maximum Gasteiger partial charge on any atom is 0.227 e. The smallest absolute Gasteiger partial charge is 0.227 e. The van der Waals surface area contributed by atoms with Gasteiger partial charge in [-0.1, -0.05) is 36.7 Å². The van der Waals surface area contributed by atoms with E-state index in [2.05, 4.69) is 49.6 Å². The second kappa shape index (κ2) is 9.97. The highest BCUT2D eigenvalue weighted by molar-refractivity contribution is 6.32. The van der Waals surface area contributed by atoms with E-state index < -0.39 is 0 Å². The molecule has 32 heavy (non-hydrogen) atoms. The highest BCUT2D eigenvalue weighted by Crippen LogP contribution is 2.29. The molecule has 0 unspecified atom stereocenters. The van der Waals surface area contributed by atoms with E-state index in [0.717, 1.165) is 37.4 Å². The SMILES string of the molecule is CCC(=O)Nc1cccc(-c2nc(Nc3cccc(N4CCN(C)CC4)c3)ncc2Cl)c1. The average molecular weight is 451 g/mol. The lowest BCUT2D eigenvalue weighted by atomic mass is 10.1. The van der Waals surface area contributed by atoms with Crippen molar-refractivity contribution in [1.82, 2.24) is 14.9 Å². The summed E-state index contributed by atoms with van der Waals surface area (Å²) in [5, 5.41) is 6.61. The third-order valence-electron chi connectivity index (χ3n) is 5.46. The van der Waals surface area contributed by atoms with E-state index >= 15 is 0 Å². The zero-order chi connectivity index (χ0) is 22.5. The van der Waals surface area contributed by atoms with Crippen molar-refractivity contribution >= 4 is 40.5 Å². The summed E-state index contributed by atoms with van der Waals surface area (Å²) in [5.74, 6) is 0.418. The van der Waals surface area contributed by atoms with Crippen molar-refractivity contribution in [2.75, 3.05) is 48.8 Å². The fourth-order valence-corrected chi connectivity index (χ4v) is 3.80. The largest absolute Gasteiger partial charge is 0.369 e. The predicted octanol–water partition coefficient (Wildman–Crippen LogP) is 4.64. The number of nitrogens with zero attached hydrogens (tertiary/aromatic N) is 4. The number of carbonyl (C=O) groups excluding carboxylic acids is 1. The molecule has 1 aliphatic heterocycles. The van der Waals surface area contributed by atoms with E-state index in [1.165, 1.54) is 5.69 Å². The minimum atomic E-state index is -0.0430. The summed E-state index contributed by atoms with van der Waals surface area (Å²) in [7, 11) is 2.15. The minimum absolute atomic E-state index is 0.0430. The molecule has 7 nitrogen and oxygen atoms in total. The number of aromatic nitrogens is 2. The van der Waals surface area contributed by atoms with Gasteiger partial charge in [-0.3, -0.25) is 4.79 Å². The first kappa shape index (κ1) is 22.0. The van der Waals surface area contributed by atoms with Gasteiger partial charge in [0.1, 0.15) is 0 Å². The van der Waals surface area contributed by atoms with E-state index in [0.29, 0.717) is 28.8 Å². The Morgan fingerprint density at radius 1 is 1.06 bits per heavy atom. The molecule has 1 saturated heterocycles. The van der Waals surface area contributed by atoms with Gasteiger partial charge < -0.3 is 20.4 Å². The zero-order valence-electron chi connectivity index (χ0n) is 18.3. The molecule has 1 aromatic heterocycles. The first-order chi connectivity index (χ1) is 15.5. The molecule has 0 radical (unpaired) electrons. The third kappa shape index (κ3) is 5.36. The molecule has 0 atom stereocenters. The Morgan fingerprint density at radius 3 is 2.59 bits per heavy atom. The summed E-state index contributed by atoms with van der Waals surface area (Å²) in [6, 6.07) is 15.8. The van der Waals surface area contributed by atoms with Crippen molar-refractivity contribution < 1.29 is 4.79 Å². The first-order valence-corrected chi connectivity index (χ1v) is 11.1. The minimum Gasteiger partial charge on any atom is -0.369 e. The van der Waals surface area contributed by atoms with E-state index in [9.17, 15) is 4.79 Å². The molecule has 1 amide bonds. The van der Waals surface area contributed by atoms with Gasteiger partial charge in [-0.05, 0) is 37.4 Å². The van der Waals surface area contributed by atoms with Gasteiger partial charge in [0.15, 0.2) is 0 Å². The van der Waals surface area contributed by atoms with Crippen LogP contribution in [0.5, 0.6) is 0 Å².